The lowest BCUT2D eigenvalue weighted by Gasteiger charge is -2.18. The first-order chi connectivity index (χ1) is 12.1. The van der Waals surface area contributed by atoms with Crippen LogP contribution in [0.3, 0.4) is 0 Å². The minimum atomic E-state index is -0.649. The maximum atomic E-state index is 12.9. The summed E-state index contributed by atoms with van der Waals surface area (Å²) in [7, 11) is 0. The smallest absolute Gasteiger partial charge is 0.254 e. The molecule has 1 atom stereocenters. The number of fused-ring (bicyclic) bond motifs is 1. The number of rotatable bonds is 6. The predicted molar refractivity (Wildman–Crippen MR) is 96.7 cm³/mol. The lowest BCUT2D eigenvalue weighted by molar-refractivity contribution is -0.126. The van der Waals surface area contributed by atoms with Crippen LogP contribution >= 0.6 is 0 Å². The standard InChI is InChI=1S/C20H22N2O3/c1-3-25-16-9-10-18-17(13-16)19(21-14(2)23)20(24)22(18)12-11-15-7-5-4-6-8-15/h4-10,13,19H,3,11-12H2,1-2H3,(H,21,23). The highest BCUT2D eigenvalue weighted by Gasteiger charge is 2.37. The van der Waals surface area contributed by atoms with Gasteiger partial charge >= 0.3 is 0 Å². The number of amides is 2. The number of hydrogen-bond donors (Lipinski definition) is 1. The normalized spacial score (nSPS) is 15.8. The van der Waals surface area contributed by atoms with Crippen LogP contribution in [0.2, 0.25) is 0 Å². The van der Waals surface area contributed by atoms with E-state index in [4.69, 9.17) is 4.74 Å². The molecule has 1 N–H and O–H groups in total. The quantitative estimate of drug-likeness (QED) is 0.881. The average molecular weight is 338 g/mol. The molecule has 3 rings (SSSR count). The van der Waals surface area contributed by atoms with Gasteiger partial charge in [0.25, 0.3) is 5.91 Å². The van der Waals surface area contributed by atoms with Crippen molar-refractivity contribution in [2.45, 2.75) is 26.3 Å². The Balaban J connectivity index is 1.87. The third-order valence-corrected chi connectivity index (χ3v) is 4.24. The lowest BCUT2D eigenvalue weighted by Crippen LogP contribution is -2.37. The average Bonchev–Trinajstić information content (AvgIpc) is 2.85. The molecule has 2 aromatic carbocycles. The monoisotopic (exact) mass is 338 g/mol. The van der Waals surface area contributed by atoms with Crippen molar-refractivity contribution in [2.75, 3.05) is 18.1 Å². The molecule has 1 aliphatic heterocycles. The summed E-state index contributed by atoms with van der Waals surface area (Å²) >= 11 is 0. The molecule has 0 bridgehead atoms. The third kappa shape index (κ3) is 3.65. The highest BCUT2D eigenvalue weighted by molar-refractivity contribution is 6.06. The third-order valence-electron chi connectivity index (χ3n) is 4.24. The van der Waals surface area contributed by atoms with Crippen molar-refractivity contribution >= 4 is 17.5 Å². The molecule has 2 aromatic rings. The van der Waals surface area contributed by atoms with Crippen LogP contribution in [0.25, 0.3) is 0 Å². The number of carbonyl (C=O) groups is 2. The molecule has 5 heteroatoms. The van der Waals surface area contributed by atoms with Crippen LogP contribution in [0.1, 0.15) is 31.0 Å². The fourth-order valence-electron chi connectivity index (χ4n) is 3.13. The summed E-state index contributed by atoms with van der Waals surface area (Å²) in [5.74, 6) is 0.375. The van der Waals surface area contributed by atoms with Crippen molar-refractivity contribution in [3.8, 4) is 5.75 Å². The molecule has 5 nitrogen and oxygen atoms in total. The zero-order valence-corrected chi connectivity index (χ0v) is 14.5. The largest absolute Gasteiger partial charge is 0.494 e. The summed E-state index contributed by atoms with van der Waals surface area (Å²) in [5.41, 5.74) is 2.80. The number of hydrogen-bond acceptors (Lipinski definition) is 3. The highest BCUT2D eigenvalue weighted by atomic mass is 16.5. The van der Waals surface area contributed by atoms with Gasteiger partial charge in [0.2, 0.25) is 5.91 Å². The fourth-order valence-corrected chi connectivity index (χ4v) is 3.13. The molecule has 0 saturated carbocycles. The molecule has 2 amide bonds. The van der Waals surface area contributed by atoms with Crippen LogP contribution in [0, 0.1) is 0 Å². The van der Waals surface area contributed by atoms with Crippen LogP contribution in [-0.4, -0.2) is 25.0 Å². The minimum Gasteiger partial charge on any atom is -0.494 e. The van der Waals surface area contributed by atoms with E-state index in [2.05, 4.69) is 5.32 Å². The fraction of sp³-hybridized carbons (Fsp3) is 0.300. The molecule has 0 aliphatic carbocycles. The Morgan fingerprint density at radius 1 is 1.20 bits per heavy atom. The van der Waals surface area contributed by atoms with Gasteiger partial charge < -0.3 is 15.0 Å². The molecule has 0 saturated heterocycles. The summed E-state index contributed by atoms with van der Waals surface area (Å²) in [6.45, 7) is 4.46. The van der Waals surface area contributed by atoms with Gasteiger partial charge in [-0.2, -0.15) is 0 Å². The zero-order chi connectivity index (χ0) is 17.8. The van der Waals surface area contributed by atoms with Crippen molar-refractivity contribution in [3.05, 3.63) is 59.7 Å². The van der Waals surface area contributed by atoms with E-state index in [1.54, 1.807) is 4.90 Å². The van der Waals surface area contributed by atoms with E-state index >= 15 is 0 Å². The Morgan fingerprint density at radius 3 is 2.64 bits per heavy atom. The molecule has 0 aromatic heterocycles. The number of anilines is 1. The maximum Gasteiger partial charge on any atom is 0.254 e. The molecule has 1 unspecified atom stereocenters. The van der Waals surface area contributed by atoms with E-state index in [1.165, 1.54) is 12.5 Å². The van der Waals surface area contributed by atoms with E-state index in [0.29, 0.717) is 18.9 Å². The molecule has 0 spiro atoms. The number of nitrogens with zero attached hydrogens (tertiary/aromatic N) is 1. The second-order valence-corrected chi connectivity index (χ2v) is 6.01. The summed E-state index contributed by atoms with van der Waals surface area (Å²) in [6, 6.07) is 15.0. The number of carbonyl (C=O) groups excluding carboxylic acids is 2. The second-order valence-electron chi connectivity index (χ2n) is 6.01. The van der Waals surface area contributed by atoms with Crippen molar-refractivity contribution < 1.29 is 14.3 Å². The summed E-state index contributed by atoms with van der Waals surface area (Å²) < 4.78 is 5.54. The van der Waals surface area contributed by atoms with E-state index in [1.807, 2.05) is 55.5 Å². The first-order valence-electron chi connectivity index (χ1n) is 8.49. The minimum absolute atomic E-state index is 0.102. The topological polar surface area (TPSA) is 58.6 Å². The summed E-state index contributed by atoms with van der Waals surface area (Å²) in [6.07, 6.45) is 0.756. The van der Waals surface area contributed by atoms with Crippen molar-refractivity contribution in [2.24, 2.45) is 0 Å². The SMILES string of the molecule is CCOc1ccc2c(c1)C(NC(C)=O)C(=O)N2CCc1ccccc1. The summed E-state index contributed by atoms with van der Waals surface area (Å²) in [5, 5.41) is 2.76. The Bertz CT molecular complexity index is 774. The van der Waals surface area contributed by atoms with Gasteiger partial charge in [0.1, 0.15) is 11.8 Å². The predicted octanol–water partition coefficient (Wildman–Crippen LogP) is 2.85. The van der Waals surface area contributed by atoms with E-state index < -0.39 is 6.04 Å². The molecular weight excluding hydrogens is 316 g/mol. The van der Waals surface area contributed by atoms with E-state index in [9.17, 15) is 9.59 Å². The zero-order valence-electron chi connectivity index (χ0n) is 14.5. The number of ether oxygens (including phenoxy) is 1. The van der Waals surface area contributed by atoms with Crippen LogP contribution in [0.4, 0.5) is 5.69 Å². The van der Waals surface area contributed by atoms with E-state index in [0.717, 1.165) is 17.7 Å². The first-order valence-corrected chi connectivity index (χ1v) is 8.49. The summed E-state index contributed by atoms with van der Waals surface area (Å²) in [4.78, 5) is 26.1. The number of nitrogens with one attached hydrogen (secondary N) is 1. The molecule has 1 heterocycles. The highest BCUT2D eigenvalue weighted by Crippen LogP contribution is 2.38. The van der Waals surface area contributed by atoms with Gasteiger partial charge in [-0.15, -0.1) is 0 Å². The van der Waals surface area contributed by atoms with Crippen LogP contribution in [-0.2, 0) is 16.0 Å². The molecule has 25 heavy (non-hydrogen) atoms. The van der Waals surface area contributed by atoms with Gasteiger partial charge in [0, 0.05) is 24.7 Å². The van der Waals surface area contributed by atoms with Crippen molar-refractivity contribution in [3.63, 3.8) is 0 Å². The second kappa shape index (κ2) is 7.38. The van der Waals surface area contributed by atoms with Crippen molar-refractivity contribution in [1.29, 1.82) is 0 Å². The Kier molecular flexibility index (Phi) is 5.03. The maximum absolute atomic E-state index is 12.9. The van der Waals surface area contributed by atoms with Gasteiger partial charge in [-0.25, -0.2) is 0 Å². The van der Waals surface area contributed by atoms with Gasteiger partial charge in [-0.3, -0.25) is 9.59 Å². The Hall–Kier alpha value is -2.82. The van der Waals surface area contributed by atoms with Crippen LogP contribution < -0.4 is 15.0 Å². The molecule has 0 radical (unpaired) electrons. The lowest BCUT2D eigenvalue weighted by atomic mass is 10.1. The van der Waals surface area contributed by atoms with Crippen LogP contribution in [0.5, 0.6) is 5.75 Å². The molecule has 1 aliphatic rings. The Labute approximate surface area is 147 Å². The van der Waals surface area contributed by atoms with Gasteiger partial charge in [0.15, 0.2) is 0 Å². The van der Waals surface area contributed by atoms with Crippen LogP contribution in [0.15, 0.2) is 48.5 Å². The van der Waals surface area contributed by atoms with Gasteiger partial charge in [-0.05, 0) is 37.1 Å². The first kappa shape index (κ1) is 17.0. The molecular formula is C20H22N2O3. The number of benzene rings is 2. The van der Waals surface area contributed by atoms with Gasteiger partial charge in [0.05, 0.1) is 6.61 Å². The van der Waals surface area contributed by atoms with E-state index in [-0.39, 0.29) is 11.8 Å². The molecule has 130 valence electrons. The van der Waals surface area contributed by atoms with Crippen molar-refractivity contribution in [1.82, 2.24) is 5.32 Å². The van der Waals surface area contributed by atoms with Gasteiger partial charge in [-0.1, -0.05) is 30.3 Å². The Morgan fingerprint density at radius 2 is 1.96 bits per heavy atom. The molecule has 0 fully saturated rings.